The molecule has 0 unspecified atom stereocenters. The lowest BCUT2D eigenvalue weighted by molar-refractivity contribution is -0.148. The number of carbonyl (C=O) groups excluding carboxylic acids is 2. The third-order valence-electron chi connectivity index (χ3n) is 6.45. The predicted octanol–water partition coefficient (Wildman–Crippen LogP) is 2.42. The number of carbonyl (C=O) groups is 2. The normalized spacial score (nSPS) is 33.7. The number of amides is 2. The number of hydrogen-bond acceptors (Lipinski definition) is 3. The summed E-state index contributed by atoms with van der Waals surface area (Å²) in [6.07, 6.45) is 10.5. The van der Waals surface area contributed by atoms with Gasteiger partial charge in [-0.05, 0) is 74.8 Å². The molecule has 5 heteroatoms. The summed E-state index contributed by atoms with van der Waals surface area (Å²) >= 11 is 0. The molecule has 0 aliphatic heterocycles. The van der Waals surface area contributed by atoms with Crippen molar-refractivity contribution in [3.63, 3.8) is 0 Å². The molecule has 5 nitrogen and oxygen atoms in total. The van der Waals surface area contributed by atoms with Crippen LogP contribution in [0.2, 0.25) is 0 Å². The molecule has 2 N–H and O–H groups in total. The van der Waals surface area contributed by atoms with E-state index in [1.54, 1.807) is 19.3 Å². The molecule has 1 aromatic rings. The average Bonchev–Trinajstić information content (AvgIpc) is 2.59. The summed E-state index contributed by atoms with van der Waals surface area (Å²) in [6.45, 7) is 2.21. The van der Waals surface area contributed by atoms with Crippen LogP contribution in [-0.4, -0.2) is 22.8 Å². The monoisotopic (exact) mass is 341 g/mol. The maximum absolute atomic E-state index is 13.0. The zero-order valence-corrected chi connectivity index (χ0v) is 14.8. The number of nitrogens with one attached hydrogen (secondary N) is 2. The Balaban J connectivity index is 1.33. The standard InChI is InChI=1S/C20H27N3O2/c1-13(18(24)22-12-14-3-2-4-21-11-14)23-19(25)20-8-15-5-16(9-20)7-17(6-15)10-20/h2-4,11,13,15-17H,5-10,12H2,1H3,(H,22,24)(H,23,25)/t13-,15?,16?,17?,20?/m0/s1. The van der Waals surface area contributed by atoms with Crippen LogP contribution in [0.1, 0.15) is 51.0 Å². The maximum atomic E-state index is 13.0. The van der Waals surface area contributed by atoms with Crippen LogP contribution in [0.5, 0.6) is 0 Å². The Bertz CT molecular complexity index is 623. The van der Waals surface area contributed by atoms with Gasteiger partial charge < -0.3 is 10.6 Å². The zero-order chi connectivity index (χ0) is 17.4. The first-order valence-corrected chi connectivity index (χ1v) is 9.52. The molecular weight excluding hydrogens is 314 g/mol. The van der Waals surface area contributed by atoms with E-state index in [9.17, 15) is 9.59 Å². The van der Waals surface area contributed by atoms with Gasteiger partial charge in [0.1, 0.15) is 6.04 Å². The Morgan fingerprint density at radius 1 is 1.20 bits per heavy atom. The van der Waals surface area contributed by atoms with Crippen LogP contribution in [0.3, 0.4) is 0 Å². The van der Waals surface area contributed by atoms with E-state index in [2.05, 4.69) is 15.6 Å². The van der Waals surface area contributed by atoms with Gasteiger partial charge in [-0.25, -0.2) is 0 Å². The molecule has 0 saturated heterocycles. The Morgan fingerprint density at radius 2 is 1.84 bits per heavy atom. The van der Waals surface area contributed by atoms with Gasteiger partial charge in [0.2, 0.25) is 11.8 Å². The van der Waals surface area contributed by atoms with Gasteiger partial charge in [0.15, 0.2) is 0 Å². The highest BCUT2D eigenvalue weighted by Crippen LogP contribution is 2.60. The lowest BCUT2D eigenvalue weighted by atomic mass is 9.49. The van der Waals surface area contributed by atoms with Crippen molar-refractivity contribution < 1.29 is 9.59 Å². The highest BCUT2D eigenvalue weighted by molar-refractivity contribution is 5.90. The first kappa shape index (κ1) is 16.6. The van der Waals surface area contributed by atoms with Crippen molar-refractivity contribution in [3.8, 4) is 0 Å². The minimum Gasteiger partial charge on any atom is -0.350 e. The van der Waals surface area contributed by atoms with Crippen LogP contribution in [0, 0.1) is 23.2 Å². The van der Waals surface area contributed by atoms with Gasteiger partial charge in [-0.15, -0.1) is 0 Å². The van der Waals surface area contributed by atoms with Crippen molar-refractivity contribution in [1.29, 1.82) is 0 Å². The van der Waals surface area contributed by atoms with Gasteiger partial charge in [-0.2, -0.15) is 0 Å². The molecule has 2 amide bonds. The second-order valence-electron chi connectivity index (χ2n) is 8.47. The molecule has 4 aliphatic rings. The van der Waals surface area contributed by atoms with E-state index in [1.165, 1.54) is 19.3 Å². The van der Waals surface area contributed by atoms with Crippen LogP contribution < -0.4 is 10.6 Å². The van der Waals surface area contributed by atoms with E-state index in [-0.39, 0.29) is 17.2 Å². The Kier molecular flexibility index (Phi) is 4.26. The van der Waals surface area contributed by atoms with Crippen molar-refractivity contribution in [1.82, 2.24) is 15.6 Å². The molecule has 4 bridgehead atoms. The summed E-state index contributed by atoms with van der Waals surface area (Å²) < 4.78 is 0. The van der Waals surface area contributed by atoms with E-state index in [4.69, 9.17) is 0 Å². The summed E-state index contributed by atoms with van der Waals surface area (Å²) in [5.74, 6) is 2.16. The fraction of sp³-hybridized carbons (Fsp3) is 0.650. The Labute approximate surface area is 149 Å². The van der Waals surface area contributed by atoms with Crippen LogP contribution in [-0.2, 0) is 16.1 Å². The van der Waals surface area contributed by atoms with Gasteiger partial charge >= 0.3 is 0 Å². The van der Waals surface area contributed by atoms with E-state index in [0.717, 1.165) is 42.6 Å². The predicted molar refractivity (Wildman–Crippen MR) is 94.3 cm³/mol. The number of rotatable bonds is 5. The third-order valence-corrected chi connectivity index (χ3v) is 6.45. The second kappa shape index (κ2) is 6.43. The summed E-state index contributed by atoms with van der Waals surface area (Å²) in [6, 6.07) is 3.27. The average molecular weight is 341 g/mol. The second-order valence-corrected chi connectivity index (χ2v) is 8.47. The van der Waals surface area contributed by atoms with Crippen molar-refractivity contribution >= 4 is 11.8 Å². The smallest absolute Gasteiger partial charge is 0.242 e. The van der Waals surface area contributed by atoms with Crippen LogP contribution in [0.25, 0.3) is 0 Å². The van der Waals surface area contributed by atoms with Crippen LogP contribution in [0.15, 0.2) is 24.5 Å². The molecule has 4 fully saturated rings. The summed E-state index contributed by atoms with van der Waals surface area (Å²) in [5.41, 5.74) is 0.752. The lowest BCUT2D eigenvalue weighted by Gasteiger charge is -2.55. The van der Waals surface area contributed by atoms with Crippen LogP contribution >= 0.6 is 0 Å². The molecule has 4 aliphatic carbocycles. The quantitative estimate of drug-likeness (QED) is 0.864. The van der Waals surface area contributed by atoms with Crippen molar-refractivity contribution in [2.24, 2.45) is 23.2 Å². The van der Waals surface area contributed by atoms with E-state index >= 15 is 0 Å². The number of pyridine rings is 1. The number of aromatic nitrogens is 1. The van der Waals surface area contributed by atoms with Crippen molar-refractivity contribution in [2.45, 2.75) is 58.0 Å². The van der Waals surface area contributed by atoms with Gasteiger partial charge in [0, 0.05) is 24.4 Å². The molecule has 1 atom stereocenters. The molecule has 1 aromatic heterocycles. The van der Waals surface area contributed by atoms with Gasteiger partial charge in [0.25, 0.3) is 0 Å². The van der Waals surface area contributed by atoms with E-state index in [0.29, 0.717) is 6.54 Å². The molecule has 0 aromatic carbocycles. The molecule has 1 heterocycles. The topological polar surface area (TPSA) is 71.1 Å². The molecule has 25 heavy (non-hydrogen) atoms. The third kappa shape index (κ3) is 3.29. The largest absolute Gasteiger partial charge is 0.350 e. The SMILES string of the molecule is C[C@H](NC(=O)C12CC3CC(CC(C3)C1)C2)C(=O)NCc1cccnc1. The van der Waals surface area contributed by atoms with Gasteiger partial charge in [-0.1, -0.05) is 6.07 Å². The zero-order valence-electron chi connectivity index (χ0n) is 14.8. The minimum atomic E-state index is -0.503. The molecule has 0 spiro atoms. The fourth-order valence-corrected chi connectivity index (χ4v) is 5.65. The summed E-state index contributed by atoms with van der Waals surface area (Å²) in [4.78, 5) is 29.4. The summed E-state index contributed by atoms with van der Waals surface area (Å²) in [5, 5.41) is 5.89. The molecule has 4 saturated carbocycles. The summed E-state index contributed by atoms with van der Waals surface area (Å²) in [7, 11) is 0. The Morgan fingerprint density at radius 3 is 2.40 bits per heavy atom. The number of nitrogens with zero attached hydrogens (tertiary/aromatic N) is 1. The van der Waals surface area contributed by atoms with E-state index < -0.39 is 6.04 Å². The highest BCUT2D eigenvalue weighted by Gasteiger charge is 2.54. The van der Waals surface area contributed by atoms with Crippen molar-refractivity contribution in [2.75, 3.05) is 0 Å². The fourth-order valence-electron chi connectivity index (χ4n) is 5.65. The maximum Gasteiger partial charge on any atom is 0.242 e. The molecule has 134 valence electrons. The Hall–Kier alpha value is -1.91. The van der Waals surface area contributed by atoms with Gasteiger partial charge in [0.05, 0.1) is 0 Å². The molecular formula is C20H27N3O2. The number of hydrogen-bond donors (Lipinski definition) is 2. The molecule has 0 radical (unpaired) electrons. The molecule has 5 rings (SSSR count). The highest BCUT2D eigenvalue weighted by atomic mass is 16.2. The minimum absolute atomic E-state index is 0.107. The first-order valence-electron chi connectivity index (χ1n) is 9.52. The van der Waals surface area contributed by atoms with Crippen LogP contribution in [0.4, 0.5) is 0 Å². The lowest BCUT2D eigenvalue weighted by Crippen LogP contribution is -2.56. The van der Waals surface area contributed by atoms with E-state index in [1.807, 2.05) is 12.1 Å². The van der Waals surface area contributed by atoms with Crippen molar-refractivity contribution in [3.05, 3.63) is 30.1 Å². The first-order chi connectivity index (χ1) is 12.0. The van der Waals surface area contributed by atoms with Gasteiger partial charge in [-0.3, -0.25) is 14.6 Å².